The first-order valence-corrected chi connectivity index (χ1v) is 6.47. The van der Waals surface area contributed by atoms with Crippen molar-refractivity contribution in [1.29, 1.82) is 0 Å². The van der Waals surface area contributed by atoms with Gasteiger partial charge in [-0.15, -0.1) is 0 Å². The fraction of sp³-hybridized carbons (Fsp3) is 0.333. The van der Waals surface area contributed by atoms with Crippen molar-refractivity contribution in [2.75, 3.05) is 5.43 Å². The summed E-state index contributed by atoms with van der Waals surface area (Å²) < 4.78 is 5.46. The zero-order valence-electron chi connectivity index (χ0n) is 8.98. The molecule has 0 aliphatic carbocycles. The van der Waals surface area contributed by atoms with Gasteiger partial charge in [0, 0.05) is 16.8 Å². The van der Waals surface area contributed by atoms with E-state index in [1.165, 1.54) is 11.3 Å². The van der Waals surface area contributed by atoms with Crippen LogP contribution in [0.1, 0.15) is 16.3 Å². The van der Waals surface area contributed by atoms with Crippen LogP contribution in [0, 0.1) is 13.8 Å². The van der Waals surface area contributed by atoms with Crippen LogP contribution >= 0.6 is 23.1 Å². The molecule has 86 valence electrons. The lowest BCUT2D eigenvalue weighted by Crippen LogP contribution is -2.05. The number of hydrogen-bond donors (Lipinski definition) is 2. The molecule has 2 aromatic rings. The van der Waals surface area contributed by atoms with E-state index in [1.54, 1.807) is 18.0 Å². The molecule has 0 radical (unpaired) electrons. The molecule has 0 atom stereocenters. The molecule has 0 spiro atoms. The van der Waals surface area contributed by atoms with E-state index in [0.29, 0.717) is 5.22 Å². The number of aryl methyl sites for hydroxylation is 2. The van der Waals surface area contributed by atoms with Crippen LogP contribution in [-0.4, -0.2) is 9.97 Å². The predicted molar refractivity (Wildman–Crippen MR) is 65.5 cm³/mol. The third-order valence-corrected chi connectivity index (χ3v) is 4.01. The number of thiazole rings is 1. The minimum absolute atomic E-state index is 0.700. The minimum Gasteiger partial charge on any atom is -0.437 e. The van der Waals surface area contributed by atoms with Crippen molar-refractivity contribution >= 4 is 28.2 Å². The summed E-state index contributed by atoms with van der Waals surface area (Å²) in [4.78, 5) is 9.51. The summed E-state index contributed by atoms with van der Waals surface area (Å²) >= 11 is 3.08. The van der Waals surface area contributed by atoms with Crippen LogP contribution < -0.4 is 11.3 Å². The summed E-state index contributed by atoms with van der Waals surface area (Å²) in [5.74, 6) is 6.92. The van der Waals surface area contributed by atoms with Gasteiger partial charge in [0.15, 0.2) is 5.13 Å². The van der Waals surface area contributed by atoms with Crippen molar-refractivity contribution in [3.63, 3.8) is 0 Å². The van der Waals surface area contributed by atoms with Crippen LogP contribution in [0.2, 0.25) is 0 Å². The first-order chi connectivity index (χ1) is 7.69. The van der Waals surface area contributed by atoms with Crippen molar-refractivity contribution < 1.29 is 4.42 Å². The molecular formula is C9H12N4OS2. The van der Waals surface area contributed by atoms with E-state index in [0.717, 1.165) is 27.2 Å². The van der Waals surface area contributed by atoms with Crippen LogP contribution in [0.3, 0.4) is 0 Å². The van der Waals surface area contributed by atoms with Crippen LogP contribution in [0.5, 0.6) is 0 Å². The maximum atomic E-state index is 5.46. The summed E-state index contributed by atoms with van der Waals surface area (Å²) in [7, 11) is 0. The monoisotopic (exact) mass is 256 g/mol. The van der Waals surface area contributed by atoms with E-state index in [-0.39, 0.29) is 0 Å². The lowest BCUT2D eigenvalue weighted by atomic mass is 10.4. The summed E-state index contributed by atoms with van der Waals surface area (Å²) in [6.45, 7) is 3.85. The zero-order chi connectivity index (χ0) is 11.5. The molecule has 0 bridgehead atoms. The topological polar surface area (TPSA) is 77.0 Å². The third kappa shape index (κ3) is 2.55. The second kappa shape index (κ2) is 4.86. The van der Waals surface area contributed by atoms with E-state index in [9.17, 15) is 0 Å². The number of nitrogen functional groups attached to an aromatic ring is 1. The number of rotatable bonds is 4. The first kappa shape index (κ1) is 11.4. The molecule has 7 heteroatoms. The van der Waals surface area contributed by atoms with Gasteiger partial charge in [0.2, 0.25) is 0 Å². The van der Waals surface area contributed by atoms with Gasteiger partial charge in [-0.1, -0.05) is 23.1 Å². The Morgan fingerprint density at radius 2 is 2.38 bits per heavy atom. The molecule has 0 aliphatic heterocycles. The van der Waals surface area contributed by atoms with Crippen LogP contribution in [0.25, 0.3) is 0 Å². The highest BCUT2D eigenvalue weighted by Gasteiger charge is 2.07. The highest BCUT2D eigenvalue weighted by molar-refractivity contribution is 7.98. The fourth-order valence-corrected chi connectivity index (χ4v) is 2.74. The molecule has 0 aromatic carbocycles. The molecule has 16 heavy (non-hydrogen) atoms. The minimum atomic E-state index is 0.700. The van der Waals surface area contributed by atoms with Gasteiger partial charge in [-0.3, -0.25) is 5.43 Å². The Morgan fingerprint density at radius 3 is 2.94 bits per heavy atom. The first-order valence-electron chi connectivity index (χ1n) is 4.67. The van der Waals surface area contributed by atoms with Crippen LogP contribution in [-0.2, 0) is 5.75 Å². The number of aromatic nitrogens is 2. The molecule has 5 nitrogen and oxygen atoms in total. The van der Waals surface area contributed by atoms with E-state index in [2.05, 4.69) is 15.4 Å². The SMILES string of the molecule is Cc1nc(SCc2cnc(NN)s2)oc1C. The van der Waals surface area contributed by atoms with Crippen LogP contribution in [0.15, 0.2) is 15.8 Å². The van der Waals surface area contributed by atoms with Crippen molar-refractivity contribution in [1.82, 2.24) is 9.97 Å². The summed E-state index contributed by atoms with van der Waals surface area (Å²) in [6, 6.07) is 0. The van der Waals surface area contributed by atoms with Crippen molar-refractivity contribution in [2.45, 2.75) is 24.8 Å². The molecule has 0 unspecified atom stereocenters. The molecule has 0 fully saturated rings. The average molecular weight is 256 g/mol. The van der Waals surface area contributed by atoms with Crippen LogP contribution in [0.4, 0.5) is 5.13 Å². The van der Waals surface area contributed by atoms with Crippen molar-refractivity contribution in [3.05, 3.63) is 22.5 Å². The standard InChI is InChI=1S/C9H12N4OS2/c1-5-6(2)14-9(12-5)15-4-7-3-11-8(13-10)16-7/h3H,4,10H2,1-2H3,(H,11,13). The van der Waals surface area contributed by atoms with Gasteiger partial charge < -0.3 is 4.42 Å². The summed E-state index contributed by atoms with van der Waals surface area (Å²) in [5, 5.41) is 1.42. The molecule has 2 rings (SSSR count). The van der Waals surface area contributed by atoms with Gasteiger partial charge >= 0.3 is 0 Å². The molecule has 0 saturated heterocycles. The summed E-state index contributed by atoms with van der Waals surface area (Å²) in [5.41, 5.74) is 3.46. The Morgan fingerprint density at radius 1 is 1.56 bits per heavy atom. The van der Waals surface area contributed by atoms with Gasteiger partial charge in [0.25, 0.3) is 5.22 Å². The smallest absolute Gasteiger partial charge is 0.256 e. The van der Waals surface area contributed by atoms with E-state index in [1.807, 2.05) is 13.8 Å². The number of nitrogens with zero attached hydrogens (tertiary/aromatic N) is 2. The zero-order valence-corrected chi connectivity index (χ0v) is 10.6. The Kier molecular flexibility index (Phi) is 3.47. The molecule has 0 saturated carbocycles. The summed E-state index contributed by atoms with van der Waals surface area (Å²) in [6.07, 6.45) is 1.80. The van der Waals surface area contributed by atoms with Gasteiger partial charge in [-0.2, -0.15) is 0 Å². The number of anilines is 1. The van der Waals surface area contributed by atoms with E-state index in [4.69, 9.17) is 10.3 Å². The number of hydrogen-bond acceptors (Lipinski definition) is 7. The largest absolute Gasteiger partial charge is 0.437 e. The maximum Gasteiger partial charge on any atom is 0.256 e. The molecular weight excluding hydrogens is 244 g/mol. The Balaban J connectivity index is 1.96. The number of nitrogens with two attached hydrogens (primary N) is 1. The quantitative estimate of drug-likeness (QED) is 0.496. The maximum absolute atomic E-state index is 5.46. The number of nitrogens with one attached hydrogen (secondary N) is 1. The highest BCUT2D eigenvalue weighted by atomic mass is 32.2. The Labute approximate surface area is 101 Å². The number of oxazole rings is 1. The van der Waals surface area contributed by atoms with Gasteiger partial charge in [0.05, 0.1) is 5.69 Å². The number of hydrazine groups is 1. The molecule has 0 amide bonds. The van der Waals surface area contributed by atoms with Gasteiger partial charge in [-0.25, -0.2) is 15.8 Å². The number of thioether (sulfide) groups is 1. The second-order valence-electron chi connectivity index (χ2n) is 3.19. The molecule has 2 heterocycles. The Hall–Kier alpha value is -1.05. The van der Waals surface area contributed by atoms with Gasteiger partial charge in [0.1, 0.15) is 5.76 Å². The second-order valence-corrected chi connectivity index (χ2v) is 5.23. The predicted octanol–water partition coefficient (Wildman–Crippen LogP) is 2.33. The van der Waals surface area contributed by atoms with Crippen molar-refractivity contribution in [2.24, 2.45) is 5.84 Å². The lowest BCUT2D eigenvalue weighted by molar-refractivity contribution is 0.431. The molecule has 0 aliphatic rings. The lowest BCUT2D eigenvalue weighted by Gasteiger charge is -1.92. The van der Waals surface area contributed by atoms with E-state index >= 15 is 0 Å². The molecule has 2 aromatic heterocycles. The Bertz CT molecular complexity index is 460. The normalized spacial score (nSPS) is 10.7. The average Bonchev–Trinajstić information content (AvgIpc) is 2.84. The third-order valence-electron chi connectivity index (χ3n) is 2.02. The highest BCUT2D eigenvalue weighted by Crippen LogP contribution is 2.27. The molecule has 3 N–H and O–H groups in total. The van der Waals surface area contributed by atoms with Crippen molar-refractivity contribution in [3.8, 4) is 0 Å². The van der Waals surface area contributed by atoms with Gasteiger partial charge in [-0.05, 0) is 13.8 Å². The van der Waals surface area contributed by atoms with E-state index < -0.39 is 0 Å². The fourth-order valence-electron chi connectivity index (χ4n) is 1.08.